The Labute approximate surface area is 105 Å². The topological polar surface area (TPSA) is 26.0 Å². The Morgan fingerprint density at radius 3 is 2.12 bits per heavy atom. The molecule has 0 amide bonds. The molecule has 0 radical (unpaired) electrons. The first-order valence-corrected chi connectivity index (χ1v) is 5.71. The molecule has 1 nitrogen and oxygen atoms in total. The summed E-state index contributed by atoms with van der Waals surface area (Å²) in [6.07, 6.45) is 0. The molecule has 0 saturated carbocycles. The van der Waals surface area contributed by atoms with Gasteiger partial charge in [0.25, 0.3) is 0 Å². The summed E-state index contributed by atoms with van der Waals surface area (Å²) in [5.41, 5.74) is 8.94. The lowest BCUT2D eigenvalue weighted by atomic mass is 10.00. The number of hydrogen-bond donors (Lipinski definition) is 1. The van der Waals surface area contributed by atoms with Crippen molar-refractivity contribution in [3.63, 3.8) is 0 Å². The highest BCUT2D eigenvalue weighted by molar-refractivity contribution is 6.31. The van der Waals surface area contributed by atoms with Gasteiger partial charge in [0.05, 0.1) is 0 Å². The summed E-state index contributed by atoms with van der Waals surface area (Å²) >= 11 is 11.8. The van der Waals surface area contributed by atoms with Crippen LogP contribution in [0.15, 0.2) is 42.5 Å². The second kappa shape index (κ2) is 4.88. The van der Waals surface area contributed by atoms with Gasteiger partial charge in [0.2, 0.25) is 0 Å². The van der Waals surface area contributed by atoms with Crippen molar-refractivity contribution in [3.05, 3.63) is 58.1 Å². The van der Waals surface area contributed by atoms with Gasteiger partial charge < -0.3 is 5.73 Å². The van der Waals surface area contributed by atoms with Crippen LogP contribution in [0, 0.1) is 0 Å². The Hall–Kier alpha value is -1.02. The first-order chi connectivity index (χ1) is 7.70. The summed E-state index contributed by atoms with van der Waals surface area (Å²) in [6, 6.07) is 13.4. The summed E-state index contributed by atoms with van der Waals surface area (Å²) in [5, 5.41) is 1.44. The molecule has 0 saturated heterocycles. The van der Waals surface area contributed by atoms with Crippen LogP contribution in [0.2, 0.25) is 10.0 Å². The summed E-state index contributed by atoms with van der Waals surface area (Å²) in [4.78, 5) is 0. The van der Waals surface area contributed by atoms with Gasteiger partial charge in [-0.15, -0.1) is 0 Å². The van der Waals surface area contributed by atoms with E-state index in [-0.39, 0.29) is 0 Å². The van der Waals surface area contributed by atoms with Gasteiger partial charge in [-0.1, -0.05) is 41.4 Å². The molecule has 0 aliphatic rings. The van der Waals surface area contributed by atoms with E-state index in [9.17, 15) is 0 Å². The van der Waals surface area contributed by atoms with Crippen molar-refractivity contribution in [1.82, 2.24) is 0 Å². The van der Waals surface area contributed by atoms with Crippen LogP contribution in [0.3, 0.4) is 0 Å². The van der Waals surface area contributed by atoms with Crippen molar-refractivity contribution >= 4 is 23.2 Å². The highest BCUT2D eigenvalue weighted by Gasteiger charge is 2.04. The van der Waals surface area contributed by atoms with Crippen molar-refractivity contribution in [2.24, 2.45) is 5.73 Å². The van der Waals surface area contributed by atoms with Gasteiger partial charge in [-0.05, 0) is 41.0 Å². The molecular formula is C13H11Cl2N. The van der Waals surface area contributed by atoms with Crippen LogP contribution in [0.5, 0.6) is 0 Å². The Morgan fingerprint density at radius 2 is 1.50 bits per heavy atom. The lowest BCUT2D eigenvalue weighted by Gasteiger charge is -2.08. The molecule has 82 valence electrons. The van der Waals surface area contributed by atoms with Gasteiger partial charge in [0.1, 0.15) is 0 Å². The molecule has 0 bridgehead atoms. The summed E-state index contributed by atoms with van der Waals surface area (Å²) in [6.45, 7) is 0.471. The summed E-state index contributed by atoms with van der Waals surface area (Å²) in [5.74, 6) is 0. The van der Waals surface area contributed by atoms with E-state index in [1.807, 2.05) is 42.5 Å². The first-order valence-electron chi connectivity index (χ1n) is 4.95. The number of hydrogen-bond acceptors (Lipinski definition) is 1. The number of halogens is 2. The third kappa shape index (κ3) is 2.38. The highest BCUT2D eigenvalue weighted by Crippen LogP contribution is 2.27. The quantitative estimate of drug-likeness (QED) is 0.854. The lowest BCUT2D eigenvalue weighted by molar-refractivity contribution is 1.07. The van der Waals surface area contributed by atoms with Crippen molar-refractivity contribution in [2.75, 3.05) is 0 Å². The van der Waals surface area contributed by atoms with E-state index in [1.165, 1.54) is 0 Å². The van der Waals surface area contributed by atoms with Crippen molar-refractivity contribution in [2.45, 2.75) is 6.54 Å². The molecule has 2 rings (SSSR count). The Kier molecular flexibility index (Phi) is 3.49. The van der Waals surface area contributed by atoms with Gasteiger partial charge in [-0.3, -0.25) is 0 Å². The zero-order valence-corrected chi connectivity index (χ0v) is 10.1. The Bertz CT molecular complexity index is 492. The van der Waals surface area contributed by atoms with Crippen LogP contribution in [-0.4, -0.2) is 0 Å². The molecule has 0 heterocycles. The molecule has 2 aromatic rings. The van der Waals surface area contributed by atoms with Crippen molar-refractivity contribution in [3.8, 4) is 11.1 Å². The fraction of sp³-hybridized carbons (Fsp3) is 0.0769. The van der Waals surface area contributed by atoms with E-state index < -0.39 is 0 Å². The van der Waals surface area contributed by atoms with Gasteiger partial charge >= 0.3 is 0 Å². The first kappa shape index (κ1) is 11.5. The maximum absolute atomic E-state index is 5.93. The molecule has 2 aromatic carbocycles. The molecule has 3 heteroatoms. The van der Waals surface area contributed by atoms with Gasteiger partial charge in [-0.25, -0.2) is 0 Å². The molecule has 0 atom stereocenters. The predicted molar refractivity (Wildman–Crippen MR) is 69.8 cm³/mol. The Morgan fingerprint density at radius 1 is 0.875 bits per heavy atom. The third-order valence-corrected chi connectivity index (χ3v) is 2.93. The lowest BCUT2D eigenvalue weighted by Crippen LogP contribution is -1.98. The average molecular weight is 252 g/mol. The normalized spacial score (nSPS) is 10.4. The number of benzene rings is 2. The standard InChI is InChI=1S/C13H11Cl2N/c14-11-3-1-9(2-4-11)13-6-5-12(15)7-10(13)8-16/h1-7H,8,16H2. The summed E-state index contributed by atoms with van der Waals surface area (Å²) in [7, 11) is 0. The molecule has 2 N–H and O–H groups in total. The minimum Gasteiger partial charge on any atom is -0.326 e. The zero-order valence-electron chi connectivity index (χ0n) is 8.58. The molecule has 0 aliphatic carbocycles. The van der Waals surface area contributed by atoms with E-state index in [1.54, 1.807) is 0 Å². The molecule has 0 aliphatic heterocycles. The average Bonchev–Trinajstić information content (AvgIpc) is 2.30. The number of nitrogens with two attached hydrogens (primary N) is 1. The number of rotatable bonds is 2. The van der Waals surface area contributed by atoms with Crippen LogP contribution < -0.4 is 5.73 Å². The molecular weight excluding hydrogens is 241 g/mol. The highest BCUT2D eigenvalue weighted by atomic mass is 35.5. The van der Waals surface area contributed by atoms with E-state index in [0.29, 0.717) is 11.6 Å². The molecule has 0 fully saturated rings. The van der Waals surface area contributed by atoms with Crippen molar-refractivity contribution < 1.29 is 0 Å². The van der Waals surface area contributed by atoms with Crippen molar-refractivity contribution in [1.29, 1.82) is 0 Å². The fourth-order valence-corrected chi connectivity index (χ4v) is 1.96. The van der Waals surface area contributed by atoms with Gasteiger partial charge in [-0.2, -0.15) is 0 Å². The maximum atomic E-state index is 5.93. The monoisotopic (exact) mass is 251 g/mol. The van der Waals surface area contributed by atoms with Gasteiger partial charge in [0.15, 0.2) is 0 Å². The van der Waals surface area contributed by atoms with E-state index in [0.717, 1.165) is 21.7 Å². The van der Waals surface area contributed by atoms with E-state index in [2.05, 4.69) is 0 Å². The Balaban J connectivity index is 2.51. The predicted octanol–water partition coefficient (Wildman–Crippen LogP) is 4.12. The summed E-state index contributed by atoms with van der Waals surface area (Å²) < 4.78 is 0. The maximum Gasteiger partial charge on any atom is 0.0409 e. The molecule has 16 heavy (non-hydrogen) atoms. The van der Waals surface area contributed by atoms with Crippen LogP contribution in [0.1, 0.15) is 5.56 Å². The van der Waals surface area contributed by atoms with Crippen LogP contribution in [0.25, 0.3) is 11.1 Å². The van der Waals surface area contributed by atoms with Crippen LogP contribution >= 0.6 is 23.2 Å². The minimum absolute atomic E-state index is 0.471. The van der Waals surface area contributed by atoms with Crippen LogP contribution in [-0.2, 0) is 6.54 Å². The molecule has 0 aromatic heterocycles. The fourth-order valence-electron chi connectivity index (χ4n) is 1.64. The largest absolute Gasteiger partial charge is 0.326 e. The van der Waals surface area contributed by atoms with Crippen LogP contribution in [0.4, 0.5) is 0 Å². The third-order valence-electron chi connectivity index (χ3n) is 2.44. The smallest absolute Gasteiger partial charge is 0.0409 e. The molecule has 0 spiro atoms. The second-order valence-electron chi connectivity index (χ2n) is 3.51. The van der Waals surface area contributed by atoms with Gasteiger partial charge in [0, 0.05) is 16.6 Å². The SMILES string of the molecule is NCc1cc(Cl)ccc1-c1ccc(Cl)cc1. The van der Waals surface area contributed by atoms with E-state index in [4.69, 9.17) is 28.9 Å². The second-order valence-corrected chi connectivity index (χ2v) is 4.39. The van der Waals surface area contributed by atoms with E-state index >= 15 is 0 Å². The zero-order chi connectivity index (χ0) is 11.5. The minimum atomic E-state index is 0.471. The molecule has 0 unspecified atom stereocenters.